The van der Waals surface area contributed by atoms with E-state index < -0.39 is 0 Å². The Labute approximate surface area is 165 Å². The van der Waals surface area contributed by atoms with Gasteiger partial charge in [-0.2, -0.15) is 0 Å². The molecule has 150 valence electrons. The summed E-state index contributed by atoms with van der Waals surface area (Å²) in [5, 5.41) is 0. The number of hydrogen-bond donors (Lipinski definition) is 0. The normalized spacial score (nSPS) is 14.8. The summed E-state index contributed by atoms with van der Waals surface area (Å²) in [4.78, 5) is 16.9. The van der Waals surface area contributed by atoms with Crippen LogP contribution in [0.5, 0.6) is 11.5 Å². The van der Waals surface area contributed by atoms with Gasteiger partial charge in [0, 0.05) is 38.3 Å². The molecule has 0 spiro atoms. The van der Waals surface area contributed by atoms with Gasteiger partial charge in [-0.15, -0.1) is 0 Å². The number of carbonyl (C=O) groups is 1. The number of benzene rings is 2. The van der Waals surface area contributed by atoms with Crippen LogP contribution in [0.25, 0.3) is 0 Å². The summed E-state index contributed by atoms with van der Waals surface area (Å²) in [6, 6.07) is 12.4. The predicted molar refractivity (Wildman–Crippen MR) is 106 cm³/mol. The molecule has 1 fully saturated rings. The summed E-state index contributed by atoms with van der Waals surface area (Å²) in [5.74, 6) is 0.660. The summed E-state index contributed by atoms with van der Waals surface area (Å²) in [7, 11) is 1.46. The number of rotatable bonds is 7. The number of carbonyl (C=O) groups excluding carboxylic acids is 1. The molecule has 5 nitrogen and oxygen atoms in total. The van der Waals surface area contributed by atoms with Crippen molar-refractivity contribution in [1.82, 2.24) is 9.80 Å². The molecule has 1 heterocycles. The van der Waals surface area contributed by atoms with Crippen molar-refractivity contribution < 1.29 is 18.7 Å². The SMILES string of the molecule is CCCOc1cccc(C(=O)N2CCN(Cc3ccc(OC)c(F)c3)CC2)c1. The molecular weight excluding hydrogens is 359 g/mol. The van der Waals surface area contributed by atoms with E-state index in [1.165, 1.54) is 13.2 Å². The van der Waals surface area contributed by atoms with Gasteiger partial charge in [-0.05, 0) is 42.3 Å². The van der Waals surface area contributed by atoms with Gasteiger partial charge < -0.3 is 14.4 Å². The van der Waals surface area contributed by atoms with Crippen LogP contribution in [0.15, 0.2) is 42.5 Å². The Bertz CT molecular complexity index is 804. The van der Waals surface area contributed by atoms with Crippen molar-refractivity contribution in [2.75, 3.05) is 39.9 Å². The van der Waals surface area contributed by atoms with Crippen molar-refractivity contribution in [1.29, 1.82) is 0 Å². The third-order valence-corrected chi connectivity index (χ3v) is 4.84. The summed E-state index contributed by atoms with van der Waals surface area (Å²) >= 11 is 0. The zero-order chi connectivity index (χ0) is 19.9. The van der Waals surface area contributed by atoms with Crippen LogP contribution in [0.2, 0.25) is 0 Å². The average molecular weight is 386 g/mol. The average Bonchev–Trinajstić information content (AvgIpc) is 2.72. The van der Waals surface area contributed by atoms with E-state index in [1.54, 1.807) is 6.07 Å². The lowest BCUT2D eigenvalue weighted by atomic mass is 10.1. The number of halogens is 1. The third kappa shape index (κ3) is 5.01. The Hall–Kier alpha value is -2.60. The standard InChI is InChI=1S/C22H27FN2O3/c1-3-13-28-19-6-4-5-18(15-19)22(26)25-11-9-24(10-12-25)16-17-7-8-21(27-2)20(23)14-17/h4-8,14-15H,3,9-13,16H2,1-2H3. The molecule has 0 atom stereocenters. The smallest absolute Gasteiger partial charge is 0.254 e. The zero-order valence-corrected chi connectivity index (χ0v) is 16.5. The zero-order valence-electron chi connectivity index (χ0n) is 16.5. The molecule has 2 aromatic rings. The lowest BCUT2D eigenvalue weighted by Gasteiger charge is -2.34. The third-order valence-electron chi connectivity index (χ3n) is 4.84. The number of hydrogen-bond acceptors (Lipinski definition) is 4. The highest BCUT2D eigenvalue weighted by Crippen LogP contribution is 2.20. The van der Waals surface area contributed by atoms with Crippen LogP contribution in [-0.2, 0) is 6.54 Å². The molecule has 0 aliphatic carbocycles. The van der Waals surface area contributed by atoms with E-state index in [1.807, 2.05) is 35.2 Å². The van der Waals surface area contributed by atoms with Gasteiger partial charge in [0.15, 0.2) is 11.6 Å². The second-order valence-electron chi connectivity index (χ2n) is 6.91. The minimum absolute atomic E-state index is 0.0251. The molecule has 1 aliphatic rings. The van der Waals surface area contributed by atoms with Crippen molar-refractivity contribution in [3.05, 3.63) is 59.4 Å². The van der Waals surface area contributed by atoms with E-state index in [4.69, 9.17) is 9.47 Å². The minimum Gasteiger partial charge on any atom is -0.494 e. The van der Waals surface area contributed by atoms with Gasteiger partial charge in [-0.3, -0.25) is 9.69 Å². The number of ether oxygens (including phenoxy) is 2. The maximum atomic E-state index is 13.9. The van der Waals surface area contributed by atoms with Crippen LogP contribution in [0, 0.1) is 5.82 Å². The number of nitrogens with zero attached hydrogens (tertiary/aromatic N) is 2. The van der Waals surface area contributed by atoms with E-state index >= 15 is 0 Å². The van der Waals surface area contributed by atoms with Gasteiger partial charge in [-0.25, -0.2) is 4.39 Å². The van der Waals surface area contributed by atoms with Gasteiger partial charge in [0.2, 0.25) is 0 Å². The molecule has 6 heteroatoms. The Morgan fingerprint density at radius 3 is 2.57 bits per heavy atom. The van der Waals surface area contributed by atoms with Gasteiger partial charge in [0.05, 0.1) is 13.7 Å². The Morgan fingerprint density at radius 1 is 1.11 bits per heavy atom. The fourth-order valence-electron chi connectivity index (χ4n) is 3.30. The second-order valence-corrected chi connectivity index (χ2v) is 6.91. The second kappa shape index (κ2) is 9.55. The van der Waals surface area contributed by atoms with Crippen LogP contribution < -0.4 is 9.47 Å². The lowest BCUT2D eigenvalue weighted by Crippen LogP contribution is -2.48. The molecule has 2 aromatic carbocycles. The maximum Gasteiger partial charge on any atom is 0.254 e. The monoisotopic (exact) mass is 386 g/mol. The molecule has 0 radical (unpaired) electrons. The molecule has 0 N–H and O–H groups in total. The quantitative estimate of drug-likeness (QED) is 0.729. The largest absolute Gasteiger partial charge is 0.494 e. The Balaban J connectivity index is 1.55. The summed E-state index contributed by atoms with van der Waals surface area (Å²) in [6.07, 6.45) is 0.929. The van der Waals surface area contributed by atoms with Crippen LogP contribution in [0.1, 0.15) is 29.3 Å². The van der Waals surface area contributed by atoms with Crippen molar-refractivity contribution in [2.45, 2.75) is 19.9 Å². The van der Waals surface area contributed by atoms with Crippen molar-refractivity contribution in [3.63, 3.8) is 0 Å². The summed E-state index contributed by atoms with van der Waals surface area (Å²) in [5.41, 5.74) is 1.55. The molecule has 3 rings (SSSR count). The number of methoxy groups -OCH3 is 1. The molecule has 1 aliphatic heterocycles. The topological polar surface area (TPSA) is 42.0 Å². The maximum absolute atomic E-state index is 13.9. The van der Waals surface area contributed by atoms with Crippen LogP contribution in [0.3, 0.4) is 0 Å². The predicted octanol–water partition coefficient (Wildman–Crippen LogP) is 3.58. The van der Waals surface area contributed by atoms with E-state index in [0.29, 0.717) is 31.8 Å². The highest BCUT2D eigenvalue weighted by atomic mass is 19.1. The van der Waals surface area contributed by atoms with Crippen LogP contribution in [0.4, 0.5) is 4.39 Å². The highest BCUT2D eigenvalue weighted by Gasteiger charge is 2.22. The van der Waals surface area contributed by atoms with E-state index in [0.717, 1.165) is 30.8 Å². The highest BCUT2D eigenvalue weighted by molar-refractivity contribution is 5.94. The van der Waals surface area contributed by atoms with Crippen molar-refractivity contribution >= 4 is 5.91 Å². The molecule has 1 saturated heterocycles. The van der Waals surface area contributed by atoms with Crippen molar-refractivity contribution in [3.8, 4) is 11.5 Å². The fourth-order valence-corrected chi connectivity index (χ4v) is 3.30. The molecular formula is C22H27FN2O3. The molecule has 1 amide bonds. The molecule has 28 heavy (non-hydrogen) atoms. The number of piperazine rings is 1. The fraction of sp³-hybridized carbons (Fsp3) is 0.409. The summed E-state index contributed by atoms with van der Waals surface area (Å²) in [6.45, 7) is 6.16. The van der Waals surface area contributed by atoms with Crippen molar-refractivity contribution in [2.24, 2.45) is 0 Å². The molecule has 0 bridgehead atoms. The first-order chi connectivity index (χ1) is 13.6. The van der Waals surface area contributed by atoms with Gasteiger partial charge in [-0.1, -0.05) is 19.1 Å². The first kappa shape index (κ1) is 20.1. The molecule has 0 saturated carbocycles. The van der Waals surface area contributed by atoms with Gasteiger partial charge >= 0.3 is 0 Å². The van der Waals surface area contributed by atoms with Gasteiger partial charge in [0.25, 0.3) is 5.91 Å². The van der Waals surface area contributed by atoms with E-state index in [-0.39, 0.29) is 17.5 Å². The first-order valence-electron chi connectivity index (χ1n) is 9.67. The van der Waals surface area contributed by atoms with Gasteiger partial charge in [0.1, 0.15) is 5.75 Å². The Kier molecular flexibility index (Phi) is 6.87. The molecule has 0 aromatic heterocycles. The first-order valence-corrected chi connectivity index (χ1v) is 9.67. The Morgan fingerprint density at radius 2 is 1.89 bits per heavy atom. The number of amides is 1. The molecule has 0 unspecified atom stereocenters. The van der Waals surface area contributed by atoms with E-state index in [9.17, 15) is 9.18 Å². The van der Waals surface area contributed by atoms with E-state index in [2.05, 4.69) is 11.8 Å². The van der Waals surface area contributed by atoms with Crippen LogP contribution >= 0.6 is 0 Å². The lowest BCUT2D eigenvalue weighted by molar-refractivity contribution is 0.0628. The minimum atomic E-state index is -0.348. The van der Waals surface area contributed by atoms with Crippen LogP contribution in [-0.4, -0.2) is 55.6 Å². The summed E-state index contributed by atoms with van der Waals surface area (Å²) < 4.78 is 24.4.